The molecule has 0 unspecified atom stereocenters. The van der Waals surface area contributed by atoms with E-state index in [1.165, 1.54) is 5.56 Å². The summed E-state index contributed by atoms with van der Waals surface area (Å²) in [5, 5.41) is 16.1. The van der Waals surface area contributed by atoms with Crippen LogP contribution in [0.15, 0.2) is 42.6 Å². The van der Waals surface area contributed by atoms with Gasteiger partial charge in [0.1, 0.15) is 0 Å². The van der Waals surface area contributed by atoms with Gasteiger partial charge < -0.3 is 4.90 Å². The number of hydrogen-bond donors (Lipinski definition) is 1. The first-order chi connectivity index (χ1) is 13.5. The number of hydrogen-bond acceptors (Lipinski definition) is 3. The van der Waals surface area contributed by atoms with Crippen LogP contribution < -0.4 is 0 Å². The van der Waals surface area contributed by atoms with Crippen LogP contribution in [0.5, 0.6) is 0 Å². The van der Waals surface area contributed by atoms with Gasteiger partial charge in [-0.2, -0.15) is 10.4 Å². The molecule has 1 N–H and O–H groups in total. The van der Waals surface area contributed by atoms with E-state index in [0.29, 0.717) is 24.6 Å². The zero-order valence-corrected chi connectivity index (χ0v) is 16.3. The molecule has 0 bridgehead atoms. The van der Waals surface area contributed by atoms with Gasteiger partial charge >= 0.3 is 0 Å². The Morgan fingerprint density at radius 3 is 2.43 bits per heavy atom. The quantitative estimate of drug-likeness (QED) is 0.754. The Morgan fingerprint density at radius 2 is 1.82 bits per heavy atom. The van der Waals surface area contributed by atoms with E-state index in [4.69, 9.17) is 5.26 Å². The molecule has 0 spiro atoms. The molecule has 1 fully saturated rings. The van der Waals surface area contributed by atoms with E-state index >= 15 is 0 Å². The zero-order valence-electron chi connectivity index (χ0n) is 16.3. The number of carbonyl (C=O) groups excluding carboxylic acids is 1. The van der Waals surface area contributed by atoms with Crippen LogP contribution in [0.4, 0.5) is 0 Å². The highest BCUT2D eigenvalue weighted by Crippen LogP contribution is 2.32. The van der Waals surface area contributed by atoms with Crippen molar-refractivity contribution in [3.8, 4) is 17.3 Å². The fourth-order valence-corrected chi connectivity index (χ4v) is 3.83. The van der Waals surface area contributed by atoms with Gasteiger partial charge in [-0.05, 0) is 61.2 Å². The minimum atomic E-state index is 0.0702. The highest BCUT2D eigenvalue weighted by molar-refractivity contribution is 5.97. The summed E-state index contributed by atoms with van der Waals surface area (Å²) in [6.45, 7) is 7.47. The van der Waals surface area contributed by atoms with Gasteiger partial charge in [-0.25, -0.2) is 0 Å². The molecule has 0 saturated carbocycles. The van der Waals surface area contributed by atoms with Gasteiger partial charge in [0.15, 0.2) is 0 Å². The number of nitrogens with zero attached hydrogens (tertiary/aromatic N) is 3. The summed E-state index contributed by atoms with van der Waals surface area (Å²) in [7, 11) is 0. The summed E-state index contributed by atoms with van der Waals surface area (Å²) in [6, 6.07) is 13.8. The van der Waals surface area contributed by atoms with Crippen LogP contribution in [0.25, 0.3) is 11.3 Å². The number of aromatic amines is 1. The summed E-state index contributed by atoms with van der Waals surface area (Å²) in [5.41, 5.74) is 7.75. The van der Waals surface area contributed by atoms with Crippen molar-refractivity contribution in [2.75, 3.05) is 13.1 Å². The van der Waals surface area contributed by atoms with E-state index in [-0.39, 0.29) is 5.91 Å². The molecule has 0 aliphatic carbocycles. The minimum Gasteiger partial charge on any atom is -0.337 e. The van der Waals surface area contributed by atoms with Crippen LogP contribution >= 0.6 is 0 Å². The van der Waals surface area contributed by atoms with Crippen molar-refractivity contribution in [2.24, 2.45) is 0 Å². The second-order valence-corrected chi connectivity index (χ2v) is 7.55. The Bertz CT molecular complexity index is 1080. The Kier molecular flexibility index (Phi) is 4.48. The Hall–Kier alpha value is -3.39. The van der Waals surface area contributed by atoms with Crippen LogP contribution in [0.3, 0.4) is 0 Å². The summed E-state index contributed by atoms with van der Waals surface area (Å²) < 4.78 is 0. The number of amides is 1. The number of benzene rings is 2. The predicted octanol–water partition coefficient (Wildman–Crippen LogP) is 4.11. The van der Waals surface area contributed by atoms with Gasteiger partial charge in [-0.15, -0.1) is 0 Å². The smallest absolute Gasteiger partial charge is 0.254 e. The first kappa shape index (κ1) is 18.0. The molecule has 5 nitrogen and oxygen atoms in total. The lowest BCUT2D eigenvalue weighted by molar-refractivity contribution is 0.0601. The monoisotopic (exact) mass is 370 g/mol. The van der Waals surface area contributed by atoms with E-state index in [1.54, 1.807) is 6.20 Å². The molecule has 1 saturated heterocycles. The molecule has 3 aromatic rings. The molecule has 4 rings (SSSR count). The van der Waals surface area contributed by atoms with Gasteiger partial charge in [0.2, 0.25) is 0 Å². The lowest BCUT2D eigenvalue weighted by atomic mass is 9.89. The van der Waals surface area contributed by atoms with Crippen molar-refractivity contribution in [3.63, 3.8) is 0 Å². The summed E-state index contributed by atoms with van der Waals surface area (Å²) in [6.07, 6.45) is 1.80. The minimum absolute atomic E-state index is 0.0702. The van der Waals surface area contributed by atoms with Crippen molar-refractivity contribution < 1.29 is 4.79 Å². The van der Waals surface area contributed by atoms with Gasteiger partial charge in [0.25, 0.3) is 5.91 Å². The lowest BCUT2D eigenvalue weighted by Gasteiger charge is -2.40. The van der Waals surface area contributed by atoms with Crippen LogP contribution in [-0.4, -0.2) is 34.1 Å². The fraction of sp³-hybridized carbons (Fsp3) is 0.261. The van der Waals surface area contributed by atoms with E-state index < -0.39 is 0 Å². The number of nitrogens with one attached hydrogen (secondary N) is 1. The highest BCUT2D eigenvalue weighted by Gasteiger charge is 2.33. The number of nitriles is 1. The predicted molar refractivity (Wildman–Crippen MR) is 108 cm³/mol. The number of carbonyl (C=O) groups is 1. The summed E-state index contributed by atoms with van der Waals surface area (Å²) in [5.74, 6) is 0.401. The van der Waals surface area contributed by atoms with Gasteiger partial charge in [-0.1, -0.05) is 18.2 Å². The zero-order chi connectivity index (χ0) is 19.8. The Labute approximate surface area is 164 Å². The molecule has 5 heteroatoms. The average Bonchev–Trinajstić information content (AvgIpc) is 3.07. The van der Waals surface area contributed by atoms with Crippen LogP contribution in [0, 0.1) is 32.1 Å². The first-order valence-electron chi connectivity index (χ1n) is 9.39. The van der Waals surface area contributed by atoms with Gasteiger partial charge in [0, 0.05) is 30.1 Å². The van der Waals surface area contributed by atoms with Gasteiger partial charge in [-0.3, -0.25) is 9.89 Å². The highest BCUT2D eigenvalue weighted by atomic mass is 16.2. The third kappa shape index (κ3) is 3.07. The number of likely N-dealkylation sites (tertiary alicyclic amines) is 1. The molecule has 0 atom stereocenters. The number of rotatable bonds is 3. The van der Waals surface area contributed by atoms with Crippen molar-refractivity contribution in [1.29, 1.82) is 5.26 Å². The third-order valence-electron chi connectivity index (χ3n) is 5.58. The summed E-state index contributed by atoms with van der Waals surface area (Å²) in [4.78, 5) is 15.0. The number of aryl methyl sites for hydroxylation is 3. The second kappa shape index (κ2) is 6.97. The van der Waals surface area contributed by atoms with E-state index in [9.17, 15) is 4.79 Å². The van der Waals surface area contributed by atoms with Gasteiger partial charge in [0.05, 0.1) is 23.5 Å². The van der Waals surface area contributed by atoms with Crippen molar-refractivity contribution >= 4 is 5.91 Å². The lowest BCUT2D eigenvalue weighted by Crippen LogP contribution is -2.48. The largest absolute Gasteiger partial charge is 0.337 e. The molecular formula is C23H22N4O. The molecule has 140 valence electrons. The average molecular weight is 370 g/mol. The van der Waals surface area contributed by atoms with E-state index in [1.807, 2.05) is 49.1 Å². The molecule has 1 aliphatic heterocycles. The summed E-state index contributed by atoms with van der Waals surface area (Å²) >= 11 is 0. The Balaban J connectivity index is 1.54. The van der Waals surface area contributed by atoms with Crippen LogP contribution in [-0.2, 0) is 0 Å². The van der Waals surface area contributed by atoms with Crippen LogP contribution in [0.1, 0.15) is 44.1 Å². The third-order valence-corrected chi connectivity index (χ3v) is 5.58. The maximum atomic E-state index is 13.1. The Morgan fingerprint density at radius 1 is 1.11 bits per heavy atom. The molecule has 2 aromatic carbocycles. The second-order valence-electron chi connectivity index (χ2n) is 7.55. The van der Waals surface area contributed by atoms with Crippen molar-refractivity contribution in [1.82, 2.24) is 15.1 Å². The SMILES string of the molecule is Cc1cc(C)c(-c2[nH]ncc2C)cc1C(=O)N1CC(c2ccc(C#N)cc2)C1. The van der Waals surface area contributed by atoms with E-state index in [2.05, 4.69) is 29.3 Å². The molecule has 1 amide bonds. The molecule has 1 aliphatic rings. The molecule has 28 heavy (non-hydrogen) atoms. The maximum Gasteiger partial charge on any atom is 0.254 e. The first-order valence-corrected chi connectivity index (χ1v) is 9.39. The van der Waals surface area contributed by atoms with Crippen LogP contribution in [0.2, 0.25) is 0 Å². The standard InChI is InChI=1S/C23H22N4O/c1-14-8-15(2)21(9-20(14)22-16(3)11-25-26-22)23(28)27-12-19(13-27)18-6-4-17(10-24)5-7-18/h4-9,11,19H,12-13H2,1-3H3,(H,25,26). The molecule has 2 heterocycles. The fourth-order valence-electron chi connectivity index (χ4n) is 3.83. The van der Waals surface area contributed by atoms with E-state index in [0.717, 1.165) is 33.5 Å². The maximum absolute atomic E-state index is 13.1. The normalized spacial score (nSPS) is 13.9. The van der Waals surface area contributed by atoms with Crippen molar-refractivity contribution in [2.45, 2.75) is 26.7 Å². The number of H-pyrrole nitrogens is 1. The van der Waals surface area contributed by atoms with Crippen molar-refractivity contribution in [3.05, 3.63) is 76.0 Å². The molecule has 0 radical (unpaired) electrons. The molecular weight excluding hydrogens is 348 g/mol. The topological polar surface area (TPSA) is 72.8 Å². The number of aromatic nitrogens is 2. The molecule has 1 aromatic heterocycles.